The average molecular weight is 465 g/mol. The maximum atomic E-state index is 11.2. The standard InChI is InChI=1S/C24H21BrN2O3/c1-30-20-11-9-15(10-12-20)21-14-22(18-3-2-4-19(25)13-18)27-23(26-21)16-5-7-17(8-6-16)24(28)29/h2-13,21,23,26H,14H2,1H3,(H,28,29). The summed E-state index contributed by atoms with van der Waals surface area (Å²) in [6.45, 7) is 0. The van der Waals surface area contributed by atoms with Crippen LogP contribution in [0.1, 0.15) is 45.7 Å². The number of halogens is 1. The van der Waals surface area contributed by atoms with Crippen LogP contribution < -0.4 is 10.1 Å². The minimum Gasteiger partial charge on any atom is -0.497 e. The zero-order chi connectivity index (χ0) is 21.1. The Kier molecular flexibility index (Phi) is 5.97. The zero-order valence-electron chi connectivity index (χ0n) is 16.4. The van der Waals surface area contributed by atoms with E-state index in [9.17, 15) is 9.90 Å². The maximum absolute atomic E-state index is 11.2. The van der Waals surface area contributed by atoms with Gasteiger partial charge in [0.15, 0.2) is 0 Å². The SMILES string of the molecule is COc1ccc(C2CC(c3cccc(Br)c3)=NC(c3ccc(C(=O)O)cc3)N2)cc1. The van der Waals surface area contributed by atoms with Gasteiger partial charge in [-0.15, -0.1) is 0 Å². The number of nitrogens with zero attached hydrogens (tertiary/aromatic N) is 1. The van der Waals surface area contributed by atoms with Gasteiger partial charge in [-0.25, -0.2) is 4.79 Å². The Labute approximate surface area is 183 Å². The van der Waals surface area contributed by atoms with Crippen molar-refractivity contribution in [3.8, 4) is 5.75 Å². The van der Waals surface area contributed by atoms with Gasteiger partial charge in [0, 0.05) is 22.6 Å². The molecule has 0 aliphatic carbocycles. The van der Waals surface area contributed by atoms with E-state index in [0.717, 1.165) is 39.0 Å². The lowest BCUT2D eigenvalue weighted by molar-refractivity contribution is 0.0697. The lowest BCUT2D eigenvalue weighted by atomic mass is 9.94. The molecule has 0 saturated carbocycles. The van der Waals surface area contributed by atoms with Crippen molar-refractivity contribution < 1.29 is 14.6 Å². The number of benzene rings is 3. The Morgan fingerprint density at radius 1 is 1.07 bits per heavy atom. The molecule has 1 aliphatic rings. The van der Waals surface area contributed by atoms with Gasteiger partial charge in [-0.05, 0) is 53.1 Å². The molecule has 3 aromatic rings. The molecule has 2 atom stereocenters. The smallest absolute Gasteiger partial charge is 0.335 e. The van der Waals surface area contributed by atoms with E-state index in [2.05, 4.69) is 45.5 Å². The van der Waals surface area contributed by atoms with E-state index in [1.807, 2.05) is 36.4 Å². The largest absolute Gasteiger partial charge is 0.497 e. The summed E-state index contributed by atoms with van der Waals surface area (Å²) in [5.41, 5.74) is 4.40. The van der Waals surface area contributed by atoms with Gasteiger partial charge in [0.25, 0.3) is 0 Å². The molecule has 2 N–H and O–H groups in total. The van der Waals surface area contributed by atoms with Gasteiger partial charge in [0.2, 0.25) is 0 Å². The third kappa shape index (κ3) is 4.45. The second-order valence-electron chi connectivity index (χ2n) is 7.11. The Hall–Kier alpha value is -2.96. The fourth-order valence-electron chi connectivity index (χ4n) is 3.58. The molecule has 1 aliphatic heterocycles. The molecule has 2 unspecified atom stereocenters. The van der Waals surface area contributed by atoms with Crippen molar-refractivity contribution in [2.45, 2.75) is 18.6 Å². The van der Waals surface area contributed by atoms with E-state index in [-0.39, 0.29) is 17.8 Å². The summed E-state index contributed by atoms with van der Waals surface area (Å²) in [7, 11) is 1.66. The highest BCUT2D eigenvalue weighted by Crippen LogP contribution is 2.32. The van der Waals surface area contributed by atoms with Gasteiger partial charge in [0.1, 0.15) is 11.9 Å². The second-order valence-corrected chi connectivity index (χ2v) is 8.03. The van der Waals surface area contributed by atoms with Crippen LogP contribution in [0.4, 0.5) is 0 Å². The zero-order valence-corrected chi connectivity index (χ0v) is 18.0. The van der Waals surface area contributed by atoms with Crippen LogP contribution in [0.3, 0.4) is 0 Å². The summed E-state index contributed by atoms with van der Waals surface area (Å²) in [5.74, 6) is -0.121. The molecule has 0 spiro atoms. The number of carbonyl (C=O) groups is 1. The molecule has 152 valence electrons. The molecular formula is C24H21BrN2O3. The molecule has 0 saturated heterocycles. The van der Waals surface area contributed by atoms with Crippen LogP contribution in [0.2, 0.25) is 0 Å². The van der Waals surface area contributed by atoms with E-state index in [1.54, 1.807) is 19.2 Å². The van der Waals surface area contributed by atoms with E-state index >= 15 is 0 Å². The minimum atomic E-state index is -0.937. The second kappa shape index (κ2) is 8.81. The number of carboxylic acids is 1. The van der Waals surface area contributed by atoms with Gasteiger partial charge in [-0.1, -0.05) is 52.3 Å². The molecule has 3 aromatic carbocycles. The van der Waals surface area contributed by atoms with Gasteiger partial charge >= 0.3 is 5.97 Å². The number of hydrogen-bond donors (Lipinski definition) is 2. The van der Waals surface area contributed by atoms with E-state index in [0.29, 0.717) is 0 Å². The number of nitrogens with one attached hydrogen (secondary N) is 1. The highest BCUT2D eigenvalue weighted by molar-refractivity contribution is 9.10. The molecule has 0 bridgehead atoms. The summed E-state index contributed by atoms with van der Waals surface area (Å²) in [6.07, 6.45) is 0.467. The lowest BCUT2D eigenvalue weighted by Gasteiger charge is -2.30. The summed E-state index contributed by atoms with van der Waals surface area (Å²) >= 11 is 3.55. The van der Waals surface area contributed by atoms with Gasteiger partial charge in [0.05, 0.1) is 12.7 Å². The van der Waals surface area contributed by atoms with Crippen LogP contribution in [-0.2, 0) is 0 Å². The molecular weight excluding hydrogens is 444 g/mol. The van der Waals surface area contributed by atoms with Crippen molar-refractivity contribution >= 4 is 27.6 Å². The Bertz CT molecular complexity index is 1080. The maximum Gasteiger partial charge on any atom is 0.335 e. The molecule has 0 aromatic heterocycles. The Balaban J connectivity index is 1.71. The first-order chi connectivity index (χ1) is 14.5. The number of aromatic carboxylic acids is 1. The summed E-state index contributed by atoms with van der Waals surface area (Å²) in [4.78, 5) is 16.1. The lowest BCUT2D eigenvalue weighted by Crippen LogP contribution is -2.33. The fraction of sp³-hybridized carbons (Fsp3) is 0.167. The molecule has 5 nitrogen and oxygen atoms in total. The van der Waals surface area contributed by atoms with Crippen molar-refractivity contribution in [2.75, 3.05) is 7.11 Å². The van der Waals surface area contributed by atoms with E-state index in [1.165, 1.54) is 0 Å². The van der Waals surface area contributed by atoms with Gasteiger partial charge in [-0.2, -0.15) is 0 Å². The summed E-state index contributed by atoms with van der Waals surface area (Å²) in [5, 5.41) is 12.8. The normalized spacial score (nSPS) is 18.5. The third-order valence-corrected chi connectivity index (χ3v) is 5.68. The molecule has 0 radical (unpaired) electrons. The van der Waals surface area contributed by atoms with Crippen LogP contribution in [0, 0.1) is 0 Å². The Morgan fingerprint density at radius 2 is 1.77 bits per heavy atom. The topological polar surface area (TPSA) is 70.9 Å². The molecule has 6 heteroatoms. The van der Waals surface area contributed by atoms with E-state index in [4.69, 9.17) is 9.73 Å². The molecule has 4 rings (SSSR count). The van der Waals surface area contributed by atoms with Crippen LogP contribution in [0.5, 0.6) is 5.75 Å². The monoisotopic (exact) mass is 464 g/mol. The number of ether oxygens (including phenoxy) is 1. The number of carboxylic acid groups (broad SMARTS) is 1. The molecule has 30 heavy (non-hydrogen) atoms. The average Bonchev–Trinajstić information content (AvgIpc) is 2.79. The first kappa shape index (κ1) is 20.3. The van der Waals surface area contributed by atoms with Crippen molar-refractivity contribution in [1.82, 2.24) is 5.32 Å². The van der Waals surface area contributed by atoms with Crippen LogP contribution in [0.25, 0.3) is 0 Å². The predicted molar refractivity (Wildman–Crippen MR) is 120 cm³/mol. The van der Waals surface area contributed by atoms with Crippen LogP contribution >= 0.6 is 15.9 Å². The third-order valence-electron chi connectivity index (χ3n) is 5.19. The van der Waals surface area contributed by atoms with E-state index < -0.39 is 5.97 Å². The highest BCUT2D eigenvalue weighted by Gasteiger charge is 2.26. The predicted octanol–water partition coefficient (Wildman–Crippen LogP) is 5.38. The number of methoxy groups -OCH3 is 1. The summed E-state index contributed by atoms with van der Waals surface area (Å²) < 4.78 is 6.29. The number of rotatable bonds is 5. The highest BCUT2D eigenvalue weighted by atomic mass is 79.9. The van der Waals surface area contributed by atoms with Crippen molar-refractivity contribution in [1.29, 1.82) is 0 Å². The first-order valence-corrected chi connectivity index (χ1v) is 10.4. The summed E-state index contributed by atoms with van der Waals surface area (Å²) in [6, 6.07) is 23.1. The van der Waals surface area contributed by atoms with Crippen molar-refractivity contribution in [2.24, 2.45) is 4.99 Å². The Morgan fingerprint density at radius 3 is 2.40 bits per heavy atom. The number of aliphatic imine (C=N–C) groups is 1. The number of hydrogen-bond acceptors (Lipinski definition) is 4. The van der Waals surface area contributed by atoms with Crippen molar-refractivity contribution in [3.05, 3.63) is 99.5 Å². The van der Waals surface area contributed by atoms with Crippen LogP contribution in [0.15, 0.2) is 82.3 Å². The van der Waals surface area contributed by atoms with Gasteiger partial charge < -0.3 is 9.84 Å². The van der Waals surface area contributed by atoms with Crippen molar-refractivity contribution in [3.63, 3.8) is 0 Å². The quantitative estimate of drug-likeness (QED) is 0.531. The molecule has 1 heterocycles. The first-order valence-electron chi connectivity index (χ1n) is 9.59. The molecule has 0 fully saturated rings. The van der Waals surface area contributed by atoms with Crippen LogP contribution in [-0.4, -0.2) is 23.9 Å². The minimum absolute atomic E-state index is 0.0616. The fourth-order valence-corrected chi connectivity index (χ4v) is 3.98. The van der Waals surface area contributed by atoms with Gasteiger partial charge in [-0.3, -0.25) is 10.3 Å². The molecule has 0 amide bonds.